The molecule has 0 aromatic carbocycles. The number of aromatic amines is 1. The highest BCUT2D eigenvalue weighted by atomic mass is 79.9. The molecule has 0 unspecified atom stereocenters. The van der Waals surface area contributed by atoms with Gasteiger partial charge in [-0.15, -0.1) is 0 Å². The number of halogens is 1. The molecule has 1 amide bonds. The zero-order chi connectivity index (χ0) is 13.1. The predicted molar refractivity (Wildman–Crippen MR) is 75.7 cm³/mol. The number of amides is 1. The van der Waals surface area contributed by atoms with E-state index in [9.17, 15) is 4.79 Å². The van der Waals surface area contributed by atoms with Gasteiger partial charge in [0.25, 0.3) is 5.91 Å². The molecule has 1 aliphatic carbocycles. The van der Waals surface area contributed by atoms with Crippen molar-refractivity contribution in [3.8, 4) is 0 Å². The first-order valence-corrected chi connectivity index (χ1v) is 7.19. The maximum absolute atomic E-state index is 12.3. The van der Waals surface area contributed by atoms with Crippen molar-refractivity contribution in [1.29, 1.82) is 0 Å². The molecule has 0 saturated heterocycles. The van der Waals surface area contributed by atoms with Gasteiger partial charge < -0.3 is 15.2 Å². The van der Waals surface area contributed by atoms with Gasteiger partial charge in [0.2, 0.25) is 0 Å². The molecule has 0 aliphatic heterocycles. The summed E-state index contributed by atoms with van der Waals surface area (Å²) in [5.41, 5.74) is 0.653. The summed E-state index contributed by atoms with van der Waals surface area (Å²) in [4.78, 5) is 17.1. The molecule has 2 N–H and O–H groups in total. The van der Waals surface area contributed by atoms with Gasteiger partial charge in [0.1, 0.15) is 5.69 Å². The topological polar surface area (TPSA) is 48.1 Å². The van der Waals surface area contributed by atoms with Crippen molar-refractivity contribution in [2.75, 3.05) is 14.1 Å². The largest absolute Gasteiger partial charge is 0.356 e. The summed E-state index contributed by atoms with van der Waals surface area (Å²) in [5, 5.41) is 3.31. The molecular formula is C13H20BrN3O. The first kappa shape index (κ1) is 13.6. The third-order valence-corrected chi connectivity index (χ3v) is 4.31. The molecule has 1 heterocycles. The zero-order valence-electron chi connectivity index (χ0n) is 10.9. The average molecular weight is 314 g/mol. The summed E-state index contributed by atoms with van der Waals surface area (Å²) in [7, 11) is 3.91. The van der Waals surface area contributed by atoms with E-state index in [-0.39, 0.29) is 5.91 Å². The molecule has 18 heavy (non-hydrogen) atoms. The van der Waals surface area contributed by atoms with Gasteiger partial charge in [-0.3, -0.25) is 4.79 Å². The van der Waals surface area contributed by atoms with E-state index in [0.717, 1.165) is 30.2 Å². The molecule has 5 heteroatoms. The maximum Gasteiger partial charge on any atom is 0.270 e. The number of carbonyl (C=O) groups excluding carboxylic acids is 1. The Morgan fingerprint density at radius 1 is 1.44 bits per heavy atom. The Bertz CT molecular complexity index is 410. The molecule has 0 radical (unpaired) electrons. The van der Waals surface area contributed by atoms with Gasteiger partial charge in [-0.05, 0) is 54.7 Å². The number of rotatable bonds is 3. The molecule has 100 valence electrons. The van der Waals surface area contributed by atoms with E-state index < -0.39 is 0 Å². The van der Waals surface area contributed by atoms with Gasteiger partial charge in [0, 0.05) is 29.8 Å². The summed E-state index contributed by atoms with van der Waals surface area (Å²) < 4.78 is 0.915. The molecule has 2 rings (SSSR count). The Labute approximate surface area is 116 Å². The van der Waals surface area contributed by atoms with E-state index in [4.69, 9.17) is 0 Å². The monoisotopic (exact) mass is 313 g/mol. The first-order valence-electron chi connectivity index (χ1n) is 6.40. The van der Waals surface area contributed by atoms with Crippen molar-refractivity contribution in [2.45, 2.75) is 37.8 Å². The molecule has 0 bridgehead atoms. The van der Waals surface area contributed by atoms with Gasteiger partial charge >= 0.3 is 0 Å². The van der Waals surface area contributed by atoms with Crippen LogP contribution in [0.3, 0.4) is 0 Å². The van der Waals surface area contributed by atoms with E-state index in [1.807, 2.05) is 25.1 Å². The molecule has 1 aromatic heterocycles. The smallest absolute Gasteiger partial charge is 0.270 e. The van der Waals surface area contributed by atoms with Gasteiger partial charge in [-0.1, -0.05) is 0 Å². The predicted octanol–water partition coefficient (Wildman–Crippen LogP) is 2.38. The van der Waals surface area contributed by atoms with E-state index in [0.29, 0.717) is 17.8 Å². The zero-order valence-corrected chi connectivity index (χ0v) is 12.5. The van der Waals surface area contributed by atoms with E-state index in [1.54, 1.807) is 6.20 Å². The van der Waals surface area contributed by atoms with Crippen molar-refractivity contribution in [2.24, 2.45) is 0 Å². The highest BCUT2D eigenvalue weighted by Crippen LogP contribution is 2.23. The number of aromatic nitrogens is 1. The second-order valence-corrected chi connectivity index (χ2v) is 5.86. The molecule has 0 atom stereocenters. The Morgan fingerprint density at radius 3 is 2.61 bits per heavy atom. The summed E-state index contributed by atoms with van der Waals surface area (Å²) in [5.74, 6) is 0.0774. The van der Waals surface area contributed by atoms with Crippen LogP contribution in [0.5, 0.6) is 0 Å². The Kier molecular flexibility index (Phi) is 4.45. The molecular weight excluding hydrogens is 294 g/mol. The number of nitrogens with zero attached hydrogens (tertiary/aromatic N) is 1. The number of hydrogen-bond acceptors (Lipinski definition) is 2. The fourth-order valence-corrected chi connectivity index (χ4v) is 2.94. The first-order chi connectivity index (χ1) is 8.61. The average Bonchev–Trinajstić information content (AvgIpc) is 2.84. The van der Waals surface area contributed by atoms with Crippen LogP contribution in [0.25, 0.3) is 0 Å². The lowest BCUT2D eigenvalue weighted by atomic mass is 9.90. The van der Waals surface area contributed by atoms with Crippen molar-refractivity contribution in [3.05, 3.63) is 22.4 Å². The normalized spacial score (nSPS) is 23.9. The molecule has 1 fully saturated rings. The van der Waals surface area contributed by atoms with E-state index in [2.05, 4.69) is 26.2 Å². The van der Waals surface area contributed by atoms with Gasteiger partial charge in [-0.2, -0.15) is 0 Å². The summed E-state index contributed by atoms with van der Waals surface area (Å²) >= 11 is 3.35. The van der Waals surface area contributed by atoms with Crippen molar-refractivity contribution in [3.63, 3.8) is 0 Å². The van der Waals surface area contributed by atoms with Crippen molar-refractivity contribution >= 4 is 21.8 Å². The van der Waals surface area contributed by atoms with Crippen LogP contribution < -0.4 is 5.32 Å². The standard InChI is InChI=1S/C13H20BrN3O/c1-15-10-3-5-11(6-4-10)17(2)13(18)12-7-9(14)8-16-12/h7-8,10-11,15-16H,3-6H2,1-2H3. The lowest BCUT2D eigenvalue weighted by Gasteiger charge is -2.34. The minimum Gasteiger partial charge on any atom is -0.356 e. The van der Waals surface area contributed by atoms with Gasteiger partial charge in [0.15, 0.2) is 0 Å². The minimum atomic E-state index is 0.0774. The third-order valence-electron chi connectivity index (χ3n) is 3.85. The van der Waals surface area contributed by atoms with Crippen LogP contribution in [-0.2, 0) is 0 Å². The molecule has 4 nitrogen and oxygen atoms in total. The number of H-pyrrole nitrogens is 1. The summed E-state index contributed by atoms with van der Waals surface area (Å²) in [6, 6.07) is 2.81. The molecule has 1 aliphatic rings. The van der Waals surface area contributed by atoms with Gasteiger partial charge in [-0.25, -0.2) is 0 Å². The van der Waals surface area contributed by atoms with E-state index >= 15 is 0 Å². The summed E-state index contributed by atoms with van der Waals surface area (Å²) in [6.45, 7) is 0. The van der Waals surface area contributed by atoms with Crippen LogP contribution in [0.1, 0.15) is 36.2 Å². The Morgan fingerprint density at radius 2 is 2.11 bits per heavy atom. The quantitative estimate of drug-likeness (QED) is 0.900. The lowest BCUT2D eigenvalue weighted by Crippen LogP contribution is -2.42. The second-order valence-electron chi connectivity index (χ2n) is 4.94. The fraction of sp³-hybridized carbons (Fsp3) is 0.615. The molecule has 0 spiro atoms. The molecule has 1 aromatic rings. The Balaban J connectivity index is 1.95. The van der Waals surface area contributed by atoms with Crippen LogP contribution in [0.4, 0.5) is 0 Å². The van der Waals surface area contributed by atoms with Gasteiger partial charge in [0.05, 0.1) is 0 Å². The van der Waals surface area contributed by atoms with Crippen LogP contribution in [0.15, 0.2) is 16.7 Å². The van der Waals surface area contributed by atoms with Crippen LogP contribution in [0, 0.1) is 0 Å². The minimum absolute atomic E-state index is 0.0774. The van der Waals surface area contributed by atoms with Crippen LogP contribution >= 0.6 is 15.9 Å². The van der Waals surface area contributed by atoms with Crippen LogP contribution in [-0.4, -0.2) is 42.0 Å². The SMILES string of the molecule is CNC1CCC(N(C)C(=O)c2cc(Br)c[nH]2)CC1. The van der Waals surface area contributed by atoms with Crippen molar-refractivity contribution < 1.29 is 4.79 Å². The number of carbonyl (C=O) groups is 1. The fourth-order valence-electron chi connectivity index (χ4n) is 2.60. The number of nitrogens with one attached hydrogen (secondary N) is 2. The number of hydrogen-bond donors (Lipinski definition) is 2. The maximum atomic E-state index is 12.3. The second kappa shape index (κ2) is 5.89. The highest BCUT2D eigenvalue weighted by molar-refractivity contribution is 9.10. The lowest BCUT2D eigenvalue weighted by molar-refractivity contribution is 0.0680. The highest BCUT2D eigenvalue weighted by Gasteiger charge is 2.26. The van der Waals surface area contributed by atoms with Crippen LogP contribution in [0.2, 0.25) is 0 Å². The molecule has 1 saturated carbocycles. The summed E-state index contributed by atoms with van der Waals surface area (Å²) in [6.07, 6.45) is 6.24. The Hall–Kier alpha value is -0.810. The third kappa shape index (κ3) is 2.95. The van der Waals surface area contributed by atoms with Crippen molar-refractivity contribution in [1.82, 2.24) is 15.2 Å². The van der Waals surface area contributed by atoms with E-state index in [1.165, 1.54) is 0 Å².